The molecule has 0 saturated heterocycles. The van der Waals surface area contributed by atoms with Gasteiger partial charge in [0.05, 0.1) is 5.69 Å². The van der Waals surface area contributed by atoms with Gasteiger partial charge >= 0.3 is 0 Å². The van der Waals surface area contributed by atoms with E-state index in [1.807, 2.05) is 0 Å². The van der Waals surface area contributed by atoms with Crippen molar-refractivity contribution in [3.63, 3.8) is 0 Å². The Balaban J connectivity index is 2.09. The van der Waals surface area contributed by atoms with Crippen molar-refractivity contribution in [2.75, 3.05) is 18.2 Å². The number of hydrogen-bond donors (Lipinski definition) is 1. The number of carbonyl (C=O) groups excluding carboxylic acids is 1. The first-order valence-corrected chi connectivity index (χ1v) is 7.80. The van der Waals surface area contributed by atoms with Crippen molar-refractivity contribution in [2.24, 2.45) is 0 Å². The predicted octanol–water partition coefficient (Wildman–Crippen LogP) is 2.56. The summed E-state index contributed by atoms with van der Waals surface area (Å²) in [6.45, 7) is -0.187. The molecular formula is C15H12FNO3S. The summed E-state index contributed by atoms with van der Waals surface area (Å²) in [4.78, 5) is 12.0. The van der Waals surface area contributed by atoms with Gasteiger partial charge in [-0.15, -0.1) is 0 Å². The third kappa shape index (κ3) is 2.67. The van der Waals surface area contributed by atoms with Crippen LogP contribution in [0.3, 0.4) is 0 Å². The topological polar surface area (TPSA) is 55.4 Å². The summed E-state index contributed by atoms with van der Waals surface area (Å²) < 4.78 is 30.7. The molecule has 0 saturated carbocycles. The minimum atomic E-state index is -1.11. The van der Waals surface area contributed by atoms with E-state index >= 15 is 0 Å². The zero-order chi connectivity index (χ0) is 15.0. The van der Waals surface area contributed by atoms with Crippen molar-refractivity contribution >= 4 is 22.4 Å². The highest BCUT2D eigenvalue weighted by Gasteiger charge is 2.21. The van der Waals surface area contributed by atoms with E-state index in [0.29, 0.717) is 16.1 Å². The molecule has 3 rings (SSSR count). The fraction of sp³-hybridized carbons (Fsp3) is 0.133. The molecule has 0 aromatic heterocycles. The molecule has 1 amide bonds. The number of ether oxygens (including phenoxy) is 1. The maximum Gasteiger partial charge on any atom is 0.262 e. The maximum atomic E-state index is 14.1. The first-order chi connectivity index (χ1) is 10.0. The number of amides is 1. The van der Waals surface area contributed by atoms with Crippen molar-refractivity contribution < 1.29 is 18.1 Å². The Hall–Kier alpha value is -2.21. The molecule has 4 nitrogen and oxygen atoms in total. The van der Waals surface area contributed by atoms with Crippen molar-refractivity contribution in [3.05, 3.63) is 42.2 Å². The van der Waals surface area contributed by atoms with E-state index < -0.39 is 16.6 Å². The third-order valence-corrected chi connectivity index (χ3v) is 4.08. The molecule has 2 aromatic carbocycles. The van der Waals surface area contributed by atoms with E-state index in [9.17, 15) is 13.4 Å². The lowest BCUT2D eigenvalue weighted by molar-refractivity contribution is -0.118. The first-order valence-electron chi connectivity index (χ1n) is 6.24. The van der Waals surface area contributed by atoms with Gasteiger partial charge in [0.25, 0.3) is 5.91 Å². The Labute approximate surface area is 123 Å². The van der Waals surface area contributed by atoms with Gasteiger partial charge in [-0.3, -0.25) is 9.00 Å². The second kappa shape index (κ2) is 5.29. The first kappa shape index (κ1) is 13.8. The van der Waals surface area contributed by atoms with E-state index in [0.717, 1.165) is 5.56 Å². The van der Waals surface area contributed by atoms with Gasteiger partial charge in [0.15, 0.2) is 18.2 Å². The van der Waals surface area contributed by atoms with Crippen molar-refractivity contribution in [1.82, 2.24) is 0 Å². The second-order valence-corrected chi connectivity index (χ2v) is 6.03. The Morgan fingerprint density at radius 2 is 2.05 bits per heavy atom. The fourth-order valence-electron chi connectivity index (χ4n) is 2.18. The molecular weight excluding hydrogens is 293 g/mol. The molecule has 0 spiro atoms. The normalized spacial score (nSPS) is 14.9. The highest BCUT2D eigenvalue weighted by atomic mass is 32.2. The van der Waals surface area contributed by atoms with Gasteiger partial charge in [-0.2, -0.15) is 0 Å². The third-order valence-electron chi connectivity index (χ3n) is 3.16. The van der Waals surface area contributed by atoms with Crippen LogP contribution in [-0.2, 0) is 15.6 Å². The number of benzene rings is 2. The standard InChI is InChI=1S/C15H12FNO3S/c1-21(19)11-4-2-3-9(5-11)10-6-12(16)15-13(7-10)17-14(18)8-20-15/h2-7H,8H2,1H3,(H,17,18). The van der Waals surface area contributed by atoms with Gasteiger partial charge < -0.3 is 10.1 Å². The average molecular weight is 305 g/mol. The predicted molar refractivity (Wildman–Crippen MR) is 78.3 cm³/mol. The van der Waals surface area contributed by atoms with Gasteiger partial charge in [0.1, 0.15) is 0 Å². The number of nitrogens with one attached hydrogen (secondary N) is 1. The second-order valence-electron chi connectivity index (χ2n) is 4.65. The summed E-state index contributed by atoms with van der Waals surface area (Å²) in [6.07, 6.45) is 1.58. The lowest BCUT2D eigenvalue weighted by atomic mass is 10.0. The molecule has 0 aliphatic carbocycles. The molecule has 2 aromatic rings. The Kier molecular flexibility index (Phi) is 3.47. The highest BCUT2D eigenvalue weighted by molar-refractivity contribution is 7.84. The summed E-state index contributed by atoms with van der Waals surface area (Å²) in [5.74, 6) is -0.804. The molecule has 1 aliphatic rings. The Bertz CT molecular complexity index is 761. The molecule has 6 heteroatoms. The van der Waals surface area contributed by atoms with Crippen LogP contribution in [0.25, 0.3) is 11.1 Å². The average Bonchev–Trinajstić information content (AvgIpc) is 2.46. The van der Waals surface area contributed by atoms with E-state index in [2.05, 4.69) is 5.32 Å². The summed E-state index contributed by atoms with van der Waals surface area (Å²) in [5.41, 5.74) is 1.62. The summed E-state index contributed by atoms with van der Waals surface area (Å²) in [7, 11) is -1.11. The molecule has 108 valence electrons. The Morgan fingerprint density at radius 1 is 1.24 bits per heavy atom. The minimum absolute atomic E-state index is 0.0496. The molecule has 1 atom stereocenters. The van der Waals surface area contributed by atoms with E-state index in [-0.39, 0.29) is 18.3 Å². The van der Waals surface area contributed by atoms with Crippen LogP contribution < -0.4 is 10.1 Å². The SMILES string of the molecule is CS(=O)c1cccc(-c2cc(F)c3c(c2)NC(=O)CO3)c1. The van der Waals surface area contributed by atoms with Crippen LogP contribution in [-0.4, -0.2) is 23.0 Å². The molecule has 1 unspecified atom stereocenters. The van der Waals surface area contributed by atoms with Crippen LogP contribution in [0.1, 0.15) is 0 Å². The van der Waals surface area contributed by atoms with E-state index in [4.69, 9.17) is 4.74 Å². The number of hydrogen-bond acceptors (Lipinski definition) is 3. The van der Waals surface area contributed by atoms with Crippen LogP contribution in [0.2, 0.25) is 0 Å². The van der Waals surface area contributed by atoms with Crippen LogP contribution in [0, 0.1) is 5.82 Å². The maximum absolute atomic E-state index is 14.1. The smallest absolute Gasteiger partial charge is 0.262 e. The van der Waals surface area contributed by atoms with Crippen LogP contribution in [0.15, 0.2) is 41.3 Å². The zero-order valence-corrected chi connectivity index (χ0v) is 12.0. The summed E-state index contributed by atoms with van der Waals surface area (Å²) >= 11 is 0. The molecule has 1 heterocycles. The van der Waals surface area contributed by atoms with Gasteiger partial charge in [-0.05, 0) is 35.4 Å². The molecule has 0 fully saturated rings. The molecule has 1 aliphatic heterocycles. The molecule has 0 bridgehead atoms. The van der Waals surface area contributed by atoms with Crippen LogP contribution in [0.4, 0.5) is 10.1 Å². The van der Waals surface area contributed by atoms with Crippen LogP contribution >= 0.6 is 0 Å². The van der Waals surface area contributed by atoms with E-state index in [1.54, 1.807) is 36.6 Å². The lowest BCUT2D eigenvalue weighted by Crippen LogP contribution is -2.26. The van der Waals surface area contributed by atoms with Gasteiger partial charge in [0, 0.05) is 22.0 Å². The van der Waals surface area contributed by atoms with Gasteiger partial charge in [-0.25, -0.2) is 4.39 Å². The summed E-state index contributed by atoms with van der Waals surface area (Å²) in [5, 5.41) is 2.58. The monoisotopic (exact) mass is 305 g/mol. The Morgan fingerprint density at radius 3 is 2.81 bits per heavy atom. The number of halogens is 1. The molecule has 1 N–H and O–H groups in total. The van der Waals surface area contributed by atoms with Gasteiger partial charge in [-0.1, -0.05) is 12.1 Å². The zero-order valence-electron chi connectivity index (χ0n) is 11.2. The number of rotatable bonds is 2. The lowest BCUT2D eigenvalue weighted by Gasteiger charge is -2.19. The molecule has 0 radical (unpaired) electrons. The quantitative estimate of drug-likeness (QED) is 0.927. The minimum Gasteiger partial charge on any atom is -0.478 e. The van der Waals surface area contributed by atoms with Crippen molar-refractivity contribution in [1.29, 1.82) is 0 Å². The number of carbonyl (C=O) groups is 1. The van der Waals surface area contributed by atoms with Gasteiger partial charge in [0.2, 0.25) is 0 Å². The highest BCUT2D eigenvalue weighted by Crippen LogP contribution is 2.35. The van der Waals surface area contributed by atoms with E-state index in [1.165, 1.54) is 6.07 Å². The summed E-state index contributed by atoms with van der Waals surface area (Å²) in [6, 6.07) is 10.0. The van der Waals surface area contributed by atoms with Crippen molar-refractivity contribution in [3.8, 4) is 16.9 Å². The molecule has 21 heavy (non-hydrogen) atoms. The van der Waals surface area contributed by atoms with Crippen LogP contribution in [0.5, 0.6) is 5.75 Å². The number of anilines is 1. The van der Waals surface area contributed by atoms with Crippen molar-refractivity contribution in [2.45, 2.75) is 4.90 Å². The fourth-order valence-corrected chi connectivity index (χ4v) is 2.74. The largest absolute Gasteiger partial charge is 0.478 e. The number of fused-ring (bicyclic) bond motifs is 1.